The van der Waals surface area contributed by atoms with E-state index < -0.39 is 0 Å². The Morgan fingerprint density at radius 2 is 2.00 bits per heavy atom. The number of nitrogens with one attached hydrogen (secondary N) is 1. The highest BCUT2D eigenvalue weighted by Gasteiger charge is 2.38. The molecule has 1 aliphatic heterocycles. The van der Waals surface area contributed by atoms with Crippen LogP contribution >= 0.6 is 0 Å². The van der Waals surface area contributed by atoms with Crippen molar-refractivity contribution in [1.29, 1.82) is 0 Å². The fourth-order valence-electron chi connectivity index (χ4n) is 2.71. The van der Waals surface area contributed by atoms with Crippen LogP contribution in [0.25, 0.3) is 0 Å². The first-order valence-electron chi connectivity index (χ1n) is 6.50. The summed E-state index contributed by atoms with van der Waals surface area (Å²) < 4.78 is 13.7. The van der Waals surface area contributed by atoms with Gasteiger partial charge in [0, 0.05) is 18.3 Å². The molecule has 1 heterocycles. The Hall–Kier alpha value is -1.71. The Kier molecular flexibility index (Phi) is 3.69. The van der Waals surface area contributed by atoms with E-state index in [-0.39, 0.29) is 41.8 Å². The van der Waals surface area contributed by atoms with Crippen molar-refractivity contribution in [3.63, 3.8) is 0 Å². The fraction of sp³-hybridized carbons (Fsp3) is 0.467. The fourth-order valence-corrected chi connectivity index (χ4v) is 2.71. The molecule has 0 aliphatic carbocycles. The molecule has 0 radical (unpaired) electrons. The molecule has 2 amide bonds. The first-order chi connectivity index (χ1) is 8.90. The van der Waals surface area contributed by atoms with Crippen molar-refractivity contribution in [3.8, 4) is 0 Å². The summed E-state index contributed by atoms with van der Waals surface area (Å²) >= 11 is 0. The van der Waals surface area contributed by atoms with E-state index in [1.807, 2.05) is 19.9 Å². The van der Waals surface area contributed by atoms with E-state index in [2.05, 4.69) is 5.32 Å². The molecule has 2 unspecified atom stereocenters. The summed E-state index contributed by atoms with van der Waals surface area (Å²) in [6, 6.07) is 4.95. The molecule has 3 nitrogen and oxygen atoms in total. The van der Waals surface area contributed by atoms with E-state index in [4.69, 9.17) is 0 Å². The summed E-state index contributed by atoms with van der Waals surface area (Å²) in [5, 5.41) is 2.36. The van der Waals surface area contributed by atoms with Gasteiger partial charge in [-0.1, -0.05) is 26.0 Å². The quantitative estimate of drug-likeness (QED) is 0.833. The van der Waals surface area contributed by atoms with Crippen LogP contribution < -0.4 is 5.32 Å². The van der Waals surface area contributed by atoms with E-state index in [1.54, 1.807) is 13.0 Å². The Morgan fingerprint density at radius 1 is 1.32 bits per heavy atom. The van der Waals surface area contributed by atoms with Crippen molar-refractivity contribution in [3.05, 3.63) is 35.1 Å². The highest BCUT2D eigenvalue weighted by atomic mass is 19.1. The standard InChI is InChI=1S/C15H18FNO2/c1-8(2)14-11(7-13(18)17-15(14)19)10-5-4-9(3)12(16)6-10/h4-6,8,11,14H,7H2,1-3H3,(H,17,18,19). The summed E-state index contributed by atoms with van der Waals surface area (Å²) in [5.41, 5.74) is 1.29. The Morgan fingerprint density at radius 3 is 2.58 bits per heavy atom. The summed E-state index contributed by atoms with van der Waals surface area (Å²) in [5.74, 6) is -1.26. The van der Waals surface area contributed by atoms with Crippen LogP contribution in [-0.4, -0.2) is 11.8 Å². The maximum atomic E-state index is 13.7. The molecule has 0 spiro atoms. The molecule has 1 N–H and O–H groups in total. The SMILES string of the molecule is Cc1ccc(C2CC(=O)NC(=O)C2C(C)C)cc1F. The first kappa shape index (κ1) is 13.7. The van der Waals surface area contributed by atoms with Gasteiger partial charge in [0.15, 0.2) is 0 Å². The van der Waals surface area contributed by atoms with Crippen LogP contribution in [0, 0.1) is 24.6 Å². The van der Waals surface area contributed by atoms with Gasteiger partial charge < -0.3 is 0 Å². The van der Waals surface area contributed by atoms with Crippen LogP contribution in [0.2, 0.25) is 0 Å². The Bertz CT molecular complexity index is 525. The van der Waals surface area contributed by atoms with Crippen LogP contribution in [0.15, 0.2) is 18.2 Å². The van der Waals surface area contributed by atoms with Crippen molar-refractivity contribution in [2.45, 2.75) is 33.1 Å². The van der Waals surface area contributed by atoms with Crippen molar-refractivity contribution in [2.24, 2.45) is 11.8 Å². The molecule has 1 saturated heterocycles. The number of halogens is 1. The molecule has 0 aromatic heterocycles. The minimum atomic E-state index is -0.293. The lowest BCUT2D eigenvalue weighted by Crippen LogP contribution is -2.46. The smallest absolute Gasteiger partial charge is 0.230 e. The van der Waals surface area contributed by atoms with E-state index in [1.165, 1.54) is 6.07 Å². The average molecular weight is 263 g/mol. The molecule has 102 valence electrons. The molecular weight excluding hydrogens is 245 g/mol. The van der Waals surface area contributed by atoms with E-state index in [0.29, 0.717) is 5.56 Å². The zero-order valence-corrected chi connectivity index (χ0v) is 11.4. The van der Waals surface area contributed by atoms with Crippen LogP contribution in [0.1, 0.15) is 37.3 Å². The number of aryl methyl sites for hydroxylation is 1. The normalized spacial score (nSPS) is 23.6. The predicted octanol–water partition coefficient (Wildman–Crippen LogP) is 2.54. The second-order valence-electron chi connectivity index (χ2n) is 5.50. The molecule has 2 atom stereocenters. The first-order valence-corrected chi connectivity index (χ1v) is 6.50. The topological polar surface area (TPSA) is 46.2 Å². The third-order valence-corrected chi connectivity index (χ3v) is 3.75. The van der Waals surface area contributed by atoms with Crippen LogP contribution in [0.4, 0.5) is 4.39 Å². The highest BCUT2D eigenvalue weighted by molar-refractivity contribution is 6.00. The highest BCUT2D eigenvalue weighted by Crippen LogP contribution is 2.36. The molecule has 1 aromatic rings. The lowest BCUT2D eigenvalue weighted by molar-refractivity contribution is -0.138. The number of imide groups is 1. The van der Waals surface area contributed by atoms with Crippen molar-refractivity contribution in [2.75, 3.05) is 0 Å². The van der Waals surface area contributed by atoms with Gasteiger partial charge in [-0.3, -0.25) is 14.9 Å². The monoisotopic (exact) mass is 263 g/mol. The zero-order valence-electron chi connectivity index (χ0n) is 11.4. The van der Waals surface area contributed by atoms with Gasteiger partial charge in [0.05, 0.1) is 0 Å². The lowest BCUT2D eigenvalue weighted by atomic mass is 9.74. The van der Waals surface area contributed by atoms with Gasteiger partial charge in [0.1, 0.15) is 5.82 Å². The van der Waals surface area contributed by atoms with E-state index in [0.717, 1.165) is 5.56 Å². The molecule has 0 saturated carbocycles. The molecule has 1 aliphatic rings. The van der Waals surface area contributed by atoms with Crippen molar-refractivity contribution < 1.29 is 14.0 Å². The van der Waals surface area contributed by atoms with Gasteiger partial charge in [-0.25, -0.2) is 4.39 Å². The molecule has 4 heteroatoms. The van der Waals surface area contributed by atoms with E-state index in [9.17, 15) is 14.0 Å². The van der Waals surface area contributed by atoms with Crippen molar-refractivity contribution in [1.82, 2.24) is 5.32 Å². The number of piperidine rings is 1. The van der Waals surface area contributed by atoms with Gasteiger partial charge in [0.25, 0.3) is 0 Å². The van der Waals surface area contributed by atoms with Gasteiger partial charge in [-0.15, -0.1) is 0 Å². The number of benzene rings is 1. The summed E-state index contributed by atoms with van der Waals surface area (Å²) in [6.45, 7) is 5.58. The minimum absolute atomic E-state index is 0.0995. The van der Waals surface area contributed by atoms with Gasteiger partial charge >= 0.3 is 0 Å². The number of carbonyl (C=O) groups is 2. The van der Waals surface area contributed by atoms with Crippen LogP contribution in [0.3, 0.4) is 0 Å². The summed E-state index contributed by atoms with van der Waals surface area (Å²) in [7, 11) is 0. The number of rotatable bonds is 2. The number of carbonyl (C=O) groups excluding carboxylic acids is 2. The largest absolute Gasteiger partial charge is 0.296 e. The molecule has 1 fully saturated rings. The third kappa shape index (κ3) is 2.67. The molecule has 2 rings (SSSR count). The number of hydrogen-bond donors (Lipinski definition) is 1. The van der Waals surface area contributed by atoms with Crippen molar-refractivity contribution >= 4 is 11.8 Å². The van der Waals surface area contributed by atoms with E-state index >= 15 is 0 Å². The zero-order chi connectivity index (χ0) is 14.2. The van der Waals surface area contributed by atoms with Gasteiger partial charge in [0.2, 0.25) is 11.8 Å². The second-order valence-corrected chi connectivity index (χ2v) is 5.50. The number of hydrogen-bond acceptors (Lipinski definition) is 2. The number of amides is 2. The summed E-state index contributed by atoms with van der Waals surface area (Å²) in [6.07, 6.45) is 0.233. The molecule has 1 aromatic carbocycles. The summed E-state index contributed by atoms with van der Waals surface area (Å²) in [4.78, 5) is 23.5. The minimum Gasteiger partial charge on any atom is -0.296 e. The lowest BCUT2D eigenvalue weighted by Gasteiger charge is -2.33. The molecular formula is C15H18FNO2. The maximum absolute atomic E-state index is 13.7. The third-order valence-electron chi connectivity index (χ3n) is 3.75. The van der Waals surface area contributed by atoms with Crippen LogP contribution in [0.5, 0.6) is 0 Å². The Labute approximate surface area is 112 Å². The van der Waals surface area contributed by atoms with Gasteiger partial charge in [-0.05, 0) is 30.0 Å². The van der Waals surface area contributed by atoms with Crippen LogP contribution in [-0.2, 0) is 9.59 Å². The molecule has 19 heavy (non-hydrogen) atoms. The van der Waals surface area contributed by atoms with Gasteiger partial charge in [-0.2, -0.15) is 0 Å². The predicted molar refractivity (Wildman–Crippen MR) is 70.0 cm³/mol. The second kappa shape index (κ2) is 5.11. The maximum Gasteiger partial charge on any atom is 0.230 e. The average Bonchev–Trinajstić information content (AvgIpc) is 2.31. The Balaban J connectivity index is 2.40. The molecule has 0 bridgehead atoms.